The second-order valence-electron chi connectivity index (χ2n) is 9.29. The molecule has 0 fully saturated rings. The molecule has 1 aliphatic heterocycles. The van der Waals surface area contributed by atoms with Crippen molar-refractivity contribution in [3.63, 3.8) is 0 Å². The molecule has 5 rings (SSSR count). The largest absolute Gasteiger partial charge is 0.468 e. The van der Waals surface area contributed by atoms with E-state index >= 15 is 0 Å². The van der Waals surface area contributed by atoms with E-state index in [9.17, 15) is 9.59 Å². The van der Waals surface area contributed by atoms with Gasteiger partial charge in [-0.2, -0.15) is 0 Å². The first-order chi connectivity index (χ1) is 19.4. The number of esters is 2. The first kappa shape index (κ1) is 27.0. The molecule has 0 saturated heterocycles. The standard InChI is InChI=1S/C32H28N2O5S/c1-19-27(31(35)37-3)29(28(20(2)33-19)32(36)38-4)24-12-8-9-13-25(24)30-34-26(18-40-30)21-14-16-23(17-15-21)39-22-10-6-5-7-11-22/h5-18,27,29H,1-4H3. The summed E-state index contributed by atoms with van der Waals surface area (Å²) < 4.78 is 16.2. The molecule has 0 aliphatic carbocycles. The van der Waals surface area contributed by atoms with Gasteiger partial charge in [-0.05, 0) is 55.8 Å². The third kappa shape index (κ3) is 5.31. The van der Waals surface area contributed by atoms with Crippen molar-refractivity contribution in [2.45, 2.75) is 19.8 Å². The number of rotatable bonds is 7. The fourth-order valence-corrected chi connectivity index (χ4v) is 5.87. The van der Waals surface area contributed by atoms with E-state index in [-0.39, 0.29) is 0 Å². The van der Waals surface area contributed by atoms with Crippen LogP contribution in [0.4, 0.5) is 0 Å². The van der Waals surface area contributed by atoms with Crippen molar-refractivity contribution in [3.05, 3.63) is 101 Å². The van der Waals surface area contributed by atoms with Crippen molar-refractivity contribution < 1.29 is 23.8 Å². The molecular weight excluding hydrogens is 524 g/mol. The minimum absolute atomic E-state index is 0.335. The van der Waals surface area contributed by atoms with Crippen LogP contribution in [-0.4, -0.2) is 36.9 Å². The van der Waals surface area contributed by atoms with Crippen molar-refractivity contribution in [3.8, 4) is 33.3 Å². The Labute approximate surface area is 236 Å². The molecule has 8 heteroatoms. The minimum atomic E-state index is -0.777. The van der Waals surface area contributed by atoms with E-state index in [1.54, 1.807) is 13.8 Å². The van der Waals surface area contributed by atoms with Gasteiger partial charge in [-0.15, -0.1) is 11.3 Å². The molecule has 0 saturated carbocycles. The van der Waals surface area contributed by atoms with Gasteiger partial charge >= 0.3 is 11.9 Å². The summed E-state index contributed by atoms with van der Waals surface area (Å²) in [7, 11) is 2.66. The van der Waals surface area contributed by atoms with E-state index in [0.717, 1.165) is 38.9 Å². The molecule has 0 radical (unpaired) electrons. The lowest BCUT2D eigenvalue weighted by Gasteiger charge is -2.32. The first-order valence-electron chi connectivity index (χ1n) is 12.7. The highest BCUT2D eigenvalue weighted by Crippen LogP contribution is 2.44. The van der Waals surface area contributed by atoms with Crippen LogP contribution in [0.25, 0.3) is 21.8 Å². The number of aliphatic imine (C=N–C) groups is 1. The lowest BCUT2D eigenvalue weighted by molar-refractivity contribution is -0.143. The molecule has 1 aromatic heterocycles. The molecule has 40 heavy (non-hydrogen) atoms. The molecule has 2 unspecified atom stereocenters. The fourth-order valence-electron chi connectivity index (χ4n) is 4.99. The predicted octanol–water partition coefficient (Wildman–Crippen LogP) is 7.06. The monoisotopic (exact) mass is 552 g/mol. The van der Waals surface area contributed by atoms with Crippen LogP contribution < -0.4 is 4.74 Å². The van der Waals surface area contributed by atoms with E-state index in [0.29, 0.717) is 17.0 Å². The lowest BCUT2D eigenvalue weighted by Crippen LogP contribution is -2.36. The molecule has 1 aliphatic rings. The van der Waals surface area contributed by atoms with Gasteiger partial charge in [-0.25, -0.2) is 9.78 Å². The number of nitrogens with zero attached hydrogens (tertiary/aromatic N) is 2. The topological polar surface area (TPSA) is 87.1 Å². The van der Waals surface area contributed by atoms with Gasteiger partial charge in [0.05, 0.1) is 25.5 Å². The highest BCUT2D eigenvalue weighted by atomic mass is 32.1. The maximum Gasteiger partial charge on any atom is 0.336 e. The smallest absolute Gasteiger partial charge is 0.336 e. The molecule has 4 aromatic rings. The number of allylic oxidation sites excluding steroid dienone is 1. The van der Waals surface area contributed by atoms with Gasteiger partial charge in [0.2, 0.25) is 0 Å². The molecule has 202 valence electrons. The minimum Gasteiger partial charge on any atom is -0.468 e. The third-order valence-corrected chi connectivity index (χ3v) is 7.72. The first-order valence-corrected chi connectivity index (χ1v) is 13.6. The number of thiazole rings is 1. The summed E-state index contributed by atoms with van der Waals surface area (Å²) in [6.07, 6.45) is 0. The Morgan fingerprint density at radius 3 is 2.20 bits per heavy atom. The Kier molecular flexibility index (Phi) is 7.89. The highest BCUT2D eigenvalue weighted by Gasteiger charge is 2.43. The summed E-state index contributed by atoms with van der Waals surface area (Å²) >= 11 is 1.49. The summed E-state index contributed by atoms with van der Waals surface area (Å²) in [6, 6.07) is 25.1. The average molecular weight is 553 g/mol. The molecule has 0 bridgehead atoms. The number of hydrogen-bond acceptors (Lipinski definition) is 8. The van der Waals surface area contributed by atoms with Crippen molar-refractivity contribution in [2.24, 2.45) is 10.9 Å². The number of para-hydroxylation sites is 1. The second-order valence-corrected chi connectivity index (χ2v) is 10.1. The highest BCUT2D eigenvalue weighted by molar-refractivity contribution is 7.13. The van der Waals surface area contributed by atoms with Crippen molar-refractivity contribution >= 4 is 29.0 Å². The Bertz CT molecular complexity index is 1610. The molecule has 0 N–H and O–H groups in total. The van der Waals surface area contributed by atoms with Crippen LogP contribution in [0.1, 0.15) is 25.3 Å². The molecule has 7 nitrogen and oxygen atoms in total. The number of carbonyl (C=O) groups excluding carboxylic acids is 2. The van der Waals surface area contributed by atoms with Crippen molar-refractivity contribution in [1.82, 2.24) is 4.98 Å². The van der Waals surface area contributed by atoms with Crippen LogP contribution in [0, 0.1) is 5.92 Å². The van der Waals surface area contributed by atoms with Crippen molar-refractivity contribution in [2.75, 3.05) is 14.2 Å². The van der Waals surface area contributed by atoms with Gasteiger partial charge in [0, 0.05) is 33.8 Å². The van der Waals surface area contributed by atoms with Crippen LogP contribution in [-0.2, 0) is 19.1 Å². The van der Waals surface area contributed by atoms with Gasteiger partial charge in [0.15, 0.2) is 0 Å². The van der Waals surface area contributed by atoms with Crippen LogP contribution in [0.3, 0.4) is 0 Å². The van der Waals surface area contributed by atoms with Crippen LogP contribution >= 0.6 is 11.3 Å². The normalized spacial score (nSPS) is 16.8. The van der Waals surface area contributed by atoms with Gasteiger partial charge in [0.1, 0.15) is 22.4 Å². The zero-order valence-corrected chi connectivity index (χ0v) is 23.4. The summed E-state index contributed by atoms with van der Waals surface area (Å²) in [6.45, 7) is 3.53. The van der Waals surface area contributed by atoms with E-state index in [2.05, 4.69) is 4.99 Å². The molecular formula is C32H28N2O5S. The van der Waals surface area contributed by atoms with E-state index in [1.165, 1.54) is 25.6 Å². The van der Waals surface area contributed by atoms with Gasteiger partial charge in [0.25, 0.3) is 0 Å². The number of methoxy groups -OCH3 is 2. The van der Waals surface area contributed by atoms with Crippen LogP contribution in [0.5, 0.6) is 11.5 Å². The maximum absolute atomic E-state index is 13.0. The van der Waals surface area contributed by atoms with E-state index in [4.69, 9.17) is 19.2 Å². The number of benzene rings is 3. The second kappa shape index (κ2) is 11.7. The van der Waals surface area contributed by atoms with E-state index in [1.807, 2.05) is 84.2 Å². The maximum atomic E-state index is 13.0. The summed E-state index contributed by atoms with van der Waals surface area (Å²) in [5.41, 5.74) is 4.79. The zero-order chi connectivity index (χ0) is 28.2. The molecule has 2 heterocycles. The Morgan fingerprint density at radius 2 is 1.50 bits per heavy atom. The van der Waals surface area contributed by atoms with E-state index < -0.39 is 23.8 Å². The number of ether oxygens (including phenoxy) is 3. The lowest BCUT2D eigenvalue weighted by atomic mass is 9.74. The summed E-state index contributed by atoms with van der Waals surface area (Å²) in [5.74, 6) is -0.910. The molecule has 3 aromatic carbocycles. The Morgan fingerprint density at radius 1 is 0.825 bits per heavy atom. The predicted molar refractivity (Wildman–Crippen MR) is 156 cm³/mol. The van der Waals surface area contributed by atoms with Crippen LogP contribution in [0.2, 0.25) is 0 Å². The number of aromatic nitrogens is 1. The van der Waals surface area contributed by atoms with Crippen LogP contribution in [0.15, 0.2) is 101 Å². The average Bonchev–Trinajstić information content (AvgIpc) is 3.47. The Hall–Kier alpha value is -4.56. The fraction of sp³-hybridized carbons (Fsp3) is 0.188. The molecule has 0 spiro atoms. The quantitative estimate of drug-likeness (QED) is 0.228. The zero-order valence-electron chi connectivity index (χ0n) is 22.6. The summed E-state index contributed by atoms with van der Waals surface area (Å²) in [5, 5.41) is 2.76. The van der Waals surface area contributed by atoms with Gasteiger partial charge < -0.3 is 14.2 Å². The summed E-state index contributed by atoms with van der Waals surface area (Å²) in [4.78, 5) is 35.4. The molecule has 0 amide bonds. The Balaban J connectivity index is 1.52. The van der Waals surface area contributed by atoms with Crippen molar-refractivity contribution in [1.29, 1.82) is 0 Å². The SMILES string of the molecule is COC(=O)C1=C(C)N=C(C)C(C(=O)OC)C1c1ccccc1-c1nc(-c2ccc(Oc3ccccc3)cc2)cs1. The third-order valence-electron chi connectivity index (χ3n) is 6.85. The van der Waals surface area contributed by atoms with Gasteiger partial charge in [-0.1, -0.05) is 42.5 Å². The van der Waals surface area contributed by atoms with Gasteiger partial charge in [-0.3, -0.25) is 9.79 Å². The number of carbonyl (C=O) groups is 2. The molecule has 2 atom stereocenters. The number of hydrogen-bond donors (Lipinski definition) is 0.